The smallest absolute Gasteiger partial charge is 0.253 e. The summed E-state index contributed by atoms with van der Waals surface area (Å²) >= 11 is 0. The van der Waals surface area contributed by atoms with Crippen LogP contribution in [0.3, 0.4) is 0 Å². The third kappa shape index (κ3) is 3.46. The minimum absolute atomic E-state index is 0.0598. The second-order valence-electron chi connectivity index (χ2n) is 7.73. The molecule has 0 aliphatic carbocycles. The largest absolute Gasteiger partial charge is 0.338 e. The number of nitrogens with two attached hydrogens (primary N) is 1. The number of benzene rings is 1. The summed E-state index contributed by atoms with van der Waals surface area (Å²) in [6, 6.07) is 7.81. The van der Waals surface area contributed by atoms with E-state index in [4.69, 9.17) is 5.73 Å². The fourth-order valence-electron chi connectivity index (χ4n) is 3.62. The van der Waals surface area contributed by atoms with Gasteiger partial charge in [-0.2, -0.15) is 0 Å². The van der Waals surface area contributed by atoms with Gasteiger partial charge in [0, 0.05) is 44.2 Å². The van der Waals surface area contributed by atoms with E-state index in [0.717, 1.165) is 24.9 Å². The Balaban J connectivity index is 1.71. The number of likely N-dealkylation sites (tertiary alicyclic amines) is 2. The first-order valence-corrected chi connectivity index (χ1v) is 8.78. The normalized spacial score (nSPS) is 23.6. The maximum atomic E-state index is 12.9. The van der Waals surface area contributed by atoms with Gasteiger partial charge in [-0.3, -0.25) is 9.59 Å². The predicted octanol–water partition coefficient (Wildman–Crippen LogP) is 2.01. The summed E-state index contributed by atoms with van der Waals surface area (Å²) in [5, 5.41) is 0. The Morgan fingerprint density at radius 1 is 1.33 bits per heavy atom. The first-order chi connectivity index (χ1) is 11.4. The van der Waals surface area contributed by atoms with Crippen LogP contribution in [0.25, 0.3) is 0 Å². The fraction of sp³-hybridized carbons (Fsp3) is 0.579. The molecule has 2 saturated heterocycles. The van der Waals surface area contributed by atoms with E-state index in [0.29, 0.717) is 31.6 Å². The van der Waals surface area contributed by atoms with Crippen LogP contribution in [-0.4, -0.2) is 47.3 Å². The molecule has 24 heavy (non-hydrogen) atoms. The van der Waals surface area contributed by atoms with Crippen LogP contribution < -0.4 is 5.73 Å². The van der Waals surface area contributed by atoms with Crippen LogP contribution in [0.4, 0.5) is 0 Å². The van der Waals surface area contributed by atoms with Crippen LogP contribution >= 0.6 is 0 Å². The number of hydrogen-bond acceptors (Lipinski definition) is 3. The zero-order valence-corrected chi connectivity index (χ0v) is 14.6. The number of nitrogens with zero attached hydrogens (tertiary/aromatic N) is 2. The molecule has 2 amide bonds. The van der Waals surface area contributed by atoms with E-state index in [9.17, 15) is 9.59 Å². The Labute approximate surface area is 143 Å². The van der Waals surface area contributed by atoms with Gasteiger partial charge in [0.15, 0.2) is 0 Å². The van der Waals surface area contributed by atoms with Crippen LogP contribution in [0, 0.1) is 5.41 Å². The highest BCUT2D eigenvalue weighted by Crippen LogP contribution is 2.28. The van der Waals surface area contributed by atoms with E-state index < -0.39 is 0 Å². The second-order valence-corrected chi connectivity index (χ2v) is 7.73. The lowest BCUT2D eigenvalue weighted by Gasteiger charge is -2.42. The molecular formula is C19H27N3O2. The number of carbonyl (C=O) groups is 2. The van der Waals surface area contributed by atoms with Crippen molar-refractivity contribution in [1.29, 1.82) is 0 Å². The molecule has 2 fully saturated rings. The van der Waals surface area contributed by atoms with Gasteiger partial charge in [-0.15, -0.1) is 0 Å². The maximum absolute atomic E-state index is 12.9. The van der Waals surface area contributed by atoms with Gasteiger partial charge in [0.1, 0.15) is 0 Å². The number of hydrogen-bond donors (Lipinski definition) is 1. The number of carbonyl (C=O) groups excluding carboxylic acids is 2. The Morgan fingerprint density at radius 3 is 2.79 bits per heavy atom. The van der Waals surface area contributed by atoms with Crippen LogP contribution in [0.15, 0.2) is 24.3 Å². The number of piperidine rings is 1. The summed E-state index contributed by atoms with van der Waals surface area (Å²) in [6.45, 7) is 7.03. The fourth-order valence-corrected chi connectivity index (χ4v) is 3.62. The van der Waals surface area contributed by atoms with Crippen molar-refractivity contribution in [1.82, 2.24) is 9.80 Å². The van der Waals surface area contributed by atoms with E-state index in [1.54, 1.807) is 0 Å². The molecule has 2 aliphatic heterocycles. The van der Waals surface area contributed by atoms with Crippen molar-refractivity contribution >= 4 is 11.8 Å². The van der Waals surface area contributed by atoms with Crippen molar-refractivity contribution in [3.05, 3.63) is 35.4 Å². The molecule has 0 radical (unpaired) electrons. The van der Waals surface area contributed by atoms with Gasteiger partial charge < -0.3 is 15.5 Å². The van der Waals surface area contributed by atoms with Crippen LogP contribution in [0.1, 0.15) is 49.0 Å². The third-order valence-electron chi connectivity index (χ3n) is 5.32. The molecule has 1 aromatic rings. The van der Waals surface area contributed by atoms with E-state index in [-0.39, 0.29) is 23.3 Å². The first-order valence-electron chi connectivity index (χ1n) is 8.78. The summed E-state index contributed by atoms with van der Waals surface area (Å²) in [4.78, 5) is 28.4. The molecule has 3 rings (SSSR count). The summed E-state index contributed by atoms with van der Waals surface area (Å²) < 4.78 is 0. The van der Waals surface area contributed by atoms with Crippen molar-refractivity contribution < 1.29 is 9.59 Å². The van der Waals surface area contributed by atoms with Gasteiger partial charge in [-0.1, -0.05) is 26.0 Å². The molecule has 2 aliphatic rings. The van der Waals surface area contributed by atoms with E-state index in [1.165, 1.54) is 0 Å². The molecule has 1 aromatic carbocycles. The van der Waals surface area contributed by atoms with Crippen molar-refractivity contribution in [2.75, 3.05) is 19.6 Å². The molecule has 2 heterocycles. The van der Waals surface area contributed by atoms with E-state index >= 15 is 0 Å². The highest BCUT2D eigenvalue weighted by molar-refractivity contribution is 5.94. The lowest BCUT2D eigenvalue weighted by atomic mass is 9.79. The molecule has 1 unspecified atom stereocenters. The minimum atomic E-state index is -0.0620. The van der Waals surface area contributed by atoms with Gasteiger partial charge >= 0.3 is 0 Å². The molecule has 0 spiro atoms. The summed E-state index contributed by atoms with van der Waals surface area (Å²) in [5.74, 6) is 0.267. The summed E-state index contributed by atoms with van der Waals surface area (Å²) in [6.07, 6.45) is 2.41. The lowest BCUT2D eigenvalue weighted by Crippen LogP contribution is -2.54. The van der Waals surface area contributed by atoms with Gasteiger partial charge in [-0.25, -0.2) is 0 Å². The molecule has 2 N–H and O–H groups in total. The van der Waals surface area contributed by atoms with Crippen LogP contribution in [-0.2, 0) is 11.3 Å². The highest BCUT2D eigenvalue weighted by Gasteiger charge is 2.35. The molecule has 130 valence electrons. The van der Waals surface area contributed by atoms with Gasteiger partial charge in [-0.05, 0) is 36.0 Å². The molecule has 0 bridgehead atoms. The predicted molar refractivity (Wildman–Crippen MR) is 93.4 cm³/mol. The Kier molecular flexibility index (Phi) is 4.63. The maximum Gasteiger partial charge on any atom is 0.253 e. The van der Waals surface area contributed by atoms with Gasteiger partial charge in [0.05, 0.1) is 0 Å². The Morgan fingerprint density at radius 2 is 2.12 bits per heavy atom. The SMILES string of the molecule is CC1(C)CN(C(=O)c2cccc(CN3CCCC3=O)c2)CCC1N. The molecular weight excluding hydrogens is 302 g/mol. The first kappa shape index (κ1) is 17.0. The zero-order chi connectivity index (χ0) is 17.3. The highest BCUT2D eigenvalue weighted by atomic mass is 16.2. The standard InChI is InChI=1S/C19H27N3O2/c1-19(2)13-22(10-8-16(19)20)18(24)15-6-3-5-14(11-15)12-21-9-4-7-17(21)23/h3,5-6,11,16H,4,7-10,12-13,20H2,1-2H3. The quantitative estimate of drug-likeness (QED) is 0.922. The van der Waals surface area contributed by atoms with Crippen molar-refractivity contribution in [2.45, 2.75) is 45.7 Å². The minimum Gasteiger partial charge on any atom is -0.338 e. The number of amides is 2. The summed E-state index contributed by atoms with van der Waals surface area (Å²) in [7, 11) is 0. The van der Waals surface area contributed by atoms with Crippen LogP contribution in [0.2, 0.25) is 0 Å². The van der Waals surface area contributed by atoms with Crippen LogP contribution in [0.5, 0.6) is 0 Å². The summed E-state index contributed by atoms with van der Waals surface area (Å²) in [5.41, 5.74) is 7.82. The molecule has 5 nitrogen and oxygen atoms in total. The third-order valence-corrected chi connectivity index (χ3v) is 5.32. The van der Waals surface area contributed by atoms with Crippen molar-refractivity contribution in [2.24, 2.45) is 11.1 Å². The van der Waals surface area contributed by atoms with Crippen molar-refractivity contribution in [3.63, 3.8) is 0 Å². The van der Waals surface area contributed by atoms with E-state index in [1.807, 2.05) is 34.1 Å². The second kappa shape index (κ2) is 6.55. The average Bonchev–Trinajstić information content (AvgIpc) is 2.94. The molecule has 0 aromatic heterocycles. The topological polar surface area (TPSA) is 66.6 Å². The lowest BCUT2D eigenvalue weighted by molar-refractivity contribution is -0.128. The Bertz CT molecular complexity index is 641. The zero-order valence-electron chi connectivity index (χ0n) is 14.6. The average molecular weight is 329 g/mol. The molecule has 0 saturated carbocycles. The Hall–Kier alpha value is -1.88. The van der Waals surface area contributed by atoms with Crippen molar-refractivity contribution in [3.8, 4) is 0 Å². The van der Waals surface area contributed by atoms with E-state index in [2.05, 4.69) is 13.8 Å². The van der Waals surface area contributed by atoms with Gasteiger partial charge in [0.25, 0.3) is 5.91 Å². The monoisotopic (exact) mass is 329 g/mol. The molecule has 1 atom stereocenters. The van der Waals surface area contributed by atoms with Gasteiger partial charge in [0.2, 0.25) is 5.91 Å². The number of rotatable bonds is 3. The molecule has 5 heteroatoms.